The predicted octanol–water partition coefficient (Wildman–Crippen LogP) is 0.383. The molecule has 2 rings (SSSR count). The van der Waals surface area contributed by atoms with Crippen molar-refractivity contribution in [1.82, 2.24) is 9.80 Å². The first kappa shape index (κ1) is 25.1. The molecule has 1 aromatic rings. The van der Waals surface area contributed by atoms with Gasteiger partial charge in [-0.25, -0.2) is 0 Å². The molecule has 1 saturated heterocycles. The molecule has 1 fully saturated rings. The molecular formula is C20H30N4O6. The number of hydrogen-bond acceptors (Lipinski definition) is 6. The number of nitrogens with zero attached hydrogens (tertiary/aromatic N) is 2. The number of benzene rings is 1. The highest BCUT2D eigenvalue weighted by molar-refractivity contribution is 5.95. The first-order chi connectivity index (χ1) is 14.2. The number of rotatable bonds is 7. The van der Waals surface area contributed by atoms with Crippen LogP contribution in [0, 0.1) is 0 Å². The maximum atomic E-state index is 12.4. The molecule has 2 atom stereocenters. The smallest absolute Gasteiger partial charge is 0.290 e. The molecule has 0 aliphatic carbocycles. The van der Waals surface area contributed by atoms with Gasteiger partial charge in [-0.05, 0) is 45.0 Å². The first-order valence-electron chi connectivity index (χ1n) is 9.63. The highest BCUT2D eigenvalue weighted by atomic mass is 16.5. The highest BCUT2D eigenvalue weighted by Crippen LogP contribution is 2.17. The Balaban J connectivity index is 0.00000141. The zero-order valence-corrected chi connectivity index (χ0v) is 17.5. The highest BCUT2D eigenvalue weighted by Gasteiger charge is 2.33. The van der Waals surface area contributed by atoms with Gasteiger partial charge < -0.3 is 25.8 Å². The van der Waals surface area contributed by atoms with E-state index in [-0.39, 0.29) is 43.5 Å². The number of amides is 3. The molecule has 166 valence electrons. The summed E-state index contributed by atoms with van der Waals surface area (Å²) in [5, 5.41) is 9.71. The number of nitrogens with one attached hydrogen (secondary N) is 1. The van der Waals surface area contributed by atoms with E-state index >= 15 is 0 Å². The van der Waals surface area contributed by atoms with Crippen molar-refractivity contribution in [2.75, 3.05) is 38.2 Å². The van der Waals surface area contributed by atoms with Crippen LogP contribution in [-0.4, -0.2) is 84.0 Å². The lowest BCUT2D eigenvalue weighted by atomic mass is 10.0. The van der Waals surface area contributed by atoms with E-state index in [0.717, 1.165) is 0 Å². The fourth-order valence-electron chi connectivity index (χ4n) is 3.16. The van der Waals surface area contributed by atoms with Crippen LogP contribution in [0.4, 0.5) is 5.69 Å². The molecule has 30 heavy (non-hydrogen) atoms. The topological polar surface area (TPSA) is 142 Å². The van der Waals surface area contributed by atoms with Gasteiger partial charge in [0.25, 0.3) is 6.47 Å². The van der Waals surface area contributed by atoms with E-state index in [1.165, 1.54) is 0 Å². The second-order valence-corrected chi connectivity index (χ2v) is 6.77. The number of nitrogens with two attached hydrogens (primary N) is 1. The Kier molecular flexibility index (Phi) is 10.5. The van der Waals surface area contributed by atoms with Crippen molar-refractivity contribution in [2.45, 2.75) is 32.9 Å². The molecular weight excluding hydrogens is 392 g/mol. The number of anilines is 1. The second-order valence-electron chi connectivity index (χ2n) is 6.77. The van der Waals surface area contributed by atoms with Gasteiger partial charge in [-0.1, -0.05) is 0 Å². The number of ether oxygens (including phenoxy) is 1. The third kappa shape index (κ3) is 7.45. The molecule has 10 nitrogen and oxygen atoms in total. The van der Waals surface area contributed by atoms with Crippen LogP contribution in [-0.2, 0) is 19.1 Å². The SMILES string of the molecule is CCOCC(=O)N1CCN(CC(=O)Nc2ccc(C(N)=O)cc2)[C@H](C)[C@H]1C.O=CO. The minimum Gasteiger partial charge on any atom is -0.483 e. The largest absolute Gasteiger partial charge is 0.483 e. The van der Waals surface area contributed by atoms with Gasteiger partial charge in [0.2, 0.25) is 17.7 Å². The number of carbonyl (C=O) groups is 4. The van der Waals surface area contributed by atoms with Gasteiger partial charge in [0.05, 0.1) is 6.54 Å². The van der Waals surface area contributed by atoms with E-state index in [4.69, 9.17) is 20.4 Å². The molecule has 0 unspecified atom stereocenters. The Morgan fingerprint density at radius 3 is 2.33 bits per heavy atom. The van der Waals surface area contributed by atoms with Gasteiger partial charge in [0.15, 0.2) is 0 Å². The predicted molar refractivity (Wildman–Crippen MR) is 111 cm³/mol. The van der Waals surface area contributed by atoms with Crippen molar-refractivity contribution in [2.24, 2.45) is 5.73 Å². The maximum Gasteiger partial charge on any atom is 0.290 e. The summed E-state index contributed by atoms with van der Waals surface area (Å²) < 4.78 is 5.22. The molecule has 1 aromatic carbocycles. The Labute approximate surface area is 176 Å². The minimum absolute atomic E-state index is 0.00523. The molecule has 0 bridgehead atoms. The van der Waals surface area contributed by atoms with Crippen molar-refractivity contribution in [3.05, 3.63) is 29.8 Å². The summed E-state index contributed by atoms with van der Waals surface area (Å²) in [6, 6.07) is 6.49. The summed E-state index contributed by atoms with van der Waals surface area (Å²) >= 11 is 0. The van der Waals surface area contributed by atoms with Crippen molar-refractivity contribution in [3.63, 3.8) is 0 Å². The fourth-order valence-corrected chi connectivity index (χ4v) is 3.16. The van der Waals surface area contributed by atoms with Gasteiger partial charge in [0.1, 0.15) is 6.61 Å². The molecule has 0 saturated carbocycles. The number of piperazine rings is 1. The molecule has 0 spiro atoms. The van der Waals surface area contributed by atoms with E-state index in [2.05, 4.69) is 10.2 Å². The van der Waals surface area contributed by atoms with Crippen LogP contribution in [0.2, 0.25) is 0 Å². The summed E-state index contributed by atoms with van der Waals surface area (Å²) in [5.41, 5.74) is 6.21. The van der Waals surface area contributed by atoms with E-state index in [1.54, 1.807) is 24.3 Å². The molecule has 4 N–H and O–H groups in total. The monoisotopic (exact) mass is 422 g/mol. The second kappa shape index (κ2) is 12.6. The minimum atomic E-state index is -0.507. The van der Waals surface area contributed by atoms with Crippen LogP contribution >= 0.6 is 0 Å². The van der Waals surface area contributed by atoms with Gasteiger partial charge in [0, 0.05) is 43.0 Å². The lowest BCUT2D eigenvalue weighted by molar-refractivity contribution is -0.142. The molecule has 1 aliphatic rings. The van der Waals surface area contributed by atoms with Gasteiger partial charge >= 0.3 is 0 Å². The third-order valence-corrected chi connectivity index (χ3v) is 4.94. The molecule has 0 radical (unpaired) electrons. The standard InChI is InChI=1S/C19H28N4O4.CH2O2/c1-4-27-12-18(25)23-10-9-22(13(2)14(23)3)11-17(24)21-16-7-5-15(6-8-16)19(20)26;2-1-3/h5-8,13-14H,4,9-12H2,1-3H3,(H2,20,26)(H,21,24);1H,(H,2,3)/t13-,14-;/m1./s1. The van der Waals surface area contributed by atoms with Gasteiger partial charge in [-0.2, -0.15) is 0 Å². The molecule has 3 amide bonds. The molecule has 1 aliphatic heterocycles. The number of carbonyl (C=O) groups excluding carboxylic acids is 3. The van der Waals surface area contributed by atoms with Gasteiger partial charge in [-0.3, -0.25) is 24.1 Å². The lowest BCUT2D eigenvalue weighted by Gasteiger charge is -2.44. The van der Waals surface area contributed by atoms with E-state index in [9.17, 15) is 14.4 Å². The Morgan fingerprint density at radius 1 is 1.20 bits per heavy atom. The summed E-state index contributed by atoms with van der Waals surface area (Å²) in [4.78, 5) is 47.9. The first-order valence-corrected chi connectivity index (χ1v) is 9.63. The van der Waals surface area contributed by atoms with Crippen molar-refractivity contribution < 1.29 is 29.0 Å². The molecule has 10 heteroatoms. The lowest BCUT2D eigenvalue weighted by Crippen LogP contribution is -2.60. The molecule has 0 aromatic heterocycles. The van der Waals surface area contributed by atoms with E-state index < -0.39 is 5.91 Å². The zero-order chi connectivity index (χ0) is 22.7. The number of primary amides is 1. The van der Waals surface area contributed by atoms with E-state index in [0.29, 0.717) is 30.9 Å². The summed E-state index contributed by atoms with van der Waals surface area (Å²) in [6.07, 6.45) is 0. The van der Waals surface area contributed by atoms with Crippen molar-refractivity contribution in [3.8, 4) is 0 Å². The molecule has 1 heterocycles. The Morgan fingerprint density at radius 2 is 1.80 bits per heavy atom. The average Bonchev–Trinajstić information content (AvgIpc) is 2.70. The summed E-state index contributed by atoms with van der Waals surface area (Å²) in [6.45, 7) is 7.63. The quantitative estimate of drug-likeness (QED) is 0.539. The van der Waals surface area contributed by atoms with Crippen LogP contribution in [0.15, 0.2) is 24.3 Å². The van der Waals surface area contributed by atoms with Crippen LogP contribution in [0.1, 0.15) is 31.1 Å². The maximum absolute atomic E-state index is 12.4. The van der Waals surface area contributed by atoms with Gasteiger partial charge in [-0.15, -0.1) is 0 Å². The van der Waals surface area contributed by atoms with Crippen LogP contribution in [0.5, 0.6) is 0 Å². The number of carboxylic acid groups (broad SMARTS) is 1. The van der Waals surface area contributed by atoms with Crippen LogP contribution < -0.4 is 11.1 Å². The van der Waals surface area contributed by atoms with Crippen LogP contribution in [0.3, 0.4) is 0 Å². The summed E-state index contributed by atoms with van der Waals surface area (Å²) in [5.74, 6) is -0.669. The van der Waals surface area contributed by atoms with Crippen molar-refractivity contribution >= 4 is 29.9 Å². The Bertz CT molecular complexity index is 725. The Hall–Kier alpha value is -2.98. The fraction of sp³-hybridized carbons (Fsp3) is 0.500. The van der Waals surface area contributed by atoms with Crippen molar-refractivity contribution in [1.29, 1.82) is 0 Å². The van der Waals surface area contributed by atoms with E-state index in [1.807, 2.05) is 25.7 Å². The summed E-state index contributed by atoms with van der Waals surface area (Å²) in [7, 11) is 0. The zero-order valence-electron chi connectivity index (χ0n) is 17.5. The normalized spacial score (nSPS) is 18.7. The average molecular weight is 422 g/mol. The third-order valence-electron chi connectivity index (χ3n) is 4.94. The van der Waals surface area contributed by atoms with Crippen LogP contribution in [0.25, 0.3) is 0 Å². The number of hydrogen-bond donors (Lipinski definition) is 3.